The fourth-order valence-corrected chi connectivity index (χ4v) is 3.59. The lowest BCUT2D eigenvalue weighted by molar-refractivity contribution is 0.0868. The maximum Gasteiger partial charge on any atom is 0.271 e. The molecule has 1 amide bonds. The maximum atomic E-state index is 12.4. The smallest absolute Gasteiger partial charge is 0.271 e. The molecular weight excluding hydrogens is 309 g/mol. The van der Waals surface area contributed by atoms with Crippen LogP contribution in [-0.2, 0) is 0 Å². The molecule has 1 saturated heterocycles. The Kier molecular flexibility index (Phi) is 4.52. The van der Waals surface area contributed by atoms with Gasteiger partial charge in [0.1, 0.15) is 10.8 Å². The van der Waals surface area contributed by atoms with Gasteiger partial charge in [0.2, 0.25) is 0 Å². The molecule has 116 valence electrons. The zero-order chi connectivity index (χ0) is 15.8. The van der Waals surface area contributed by atoms with Gasteiger partial charge in [0.15, 0.2) is 0 Å². The molecule has 0 bridgehead atoms. The Morgan fingerprint density at radius 3 is 2.38 bits per heavy atom. The average molecular weight is 330 g/mol. The molecule has 1 aliphatic rings. The number of hydrogen-bond donors (Lipinski definition) is 2. The number of carbonyl (C=O) groups excluding carboxylic acids is 1. The van der Waals surface area contributed by atoms with Gasteiger partial charge in [-0.2, -0.15) is 0 Å². The number of amides is 1. The van der Waals surface area contributed by atoms with Crippen molar-refractivity contribution >= 4 is 29.1 Å². The minimum atomic E-state index is -0.277. The van der Waals surface area contributed by atoms with E-state index in [-0.39, 0.29) is 33.9 Å². The normalized spacial score (nSPS) is 21.0. The molecular formula is C15H21Cl2N3O. The van der Waals surface area contributed by atoms with E-state index in [0.29, 0.717) is 5.02 Å². The molecule has 6 heteroatoms. The van der Waals surface area contributed by atoms with E-state index < -0.39 is 0 Å². The average Bonchev–Trinajstić information content (AvgIpc) is 2.27. The van der Waals surface area contributed by atoms with Crippen molar-refractivity contribution in [3.8, 4) is 0 Å². The van der Waals surface area contributed by atoms with Gasteiger partial charge >= 0.3 is 0 Å². The second kappa shape index (κ2) is 5.75. The van der Waals surface area contributed by atoms with Crippen LogP contribution in [0.15, 0.2) is 12.1 Å². The van der Waals surface area contributed by atoms with Gasteiger partial charge in [-0.3, -0.25) is 4.79 Å². The van der Waals surface area contributed by atoms with E-state index in [0.717, 1.165) is 12.8 Å². The van der Waals surface area contributed by atoms with Crippen LogP contribution < -0.4 is 10.6 Å². The summed E-state index contributed by atoms with van der Waals surface area (Å²) in [5.74, 6) is -0.277. The highest BCUT2D eigenvalue weighted by Gasteiger charge is 2.38. The summed E-state index contributed by atoms with van der Waals surface area (Å²) in [5, 5.41) is 7.18. The Morgan fingerprint density at radius 1 is 1.24 bits per heavy atom. The fourth-order valence-electron chi connectivity index (χ4n) is 3.26. The standard InChI is InChI=1S/C15H21Cl2N3O/c1-14(2)7-9(8-15(3,4)20-14)18-13(21)12-10(16)5-6-11(17)19-12/h5-6,9,20H,7-8H2,1-4H3,(H,18,21). The Bertz CT molecular complexity index is 542. The summed E-state index contributed by atoms with van der Waals surface area (Å²) in [4.78, 5) is 16.4. The van der Waals surface area contributed by atoms with E-state index in [1.165, 1.54) is 0 Å². The van der Waals surface area contributed by atoms with Crippen LogP contribution in [0, 0.1) is 0 Å². The number of rotatable bonds is 2. The molecule has 1 aromatic rings. The number of carbonyl (C=O) groups is 1. The quantitative estimate of drug-likeness (QED) is 0.817. The molecule has 0 radical (unpaired) electrons. The van der Waals surface area contributed by atoms with Crippen LogP contribution in [0.25, 0.3) is 0 Å². The van der Waals surface area contributed by atoms with Crippen LogP contribution in [-0.4, -0.2) is 28.0 Å². The van der Waals surface area contributed by atoms with Gasteiger partial charge in [-0.05, 0) is 52.7 Å². The predicted molar refractivity (Wildman–Crippen MR) is 86.0 cm³/mol. The molecule has 0 saturated carbocycles. The fraction of sp³-hybridized carbons (Fsp3) is 0.600. The minimum absolute atomic E-state index is 0.0365. The zero-order valence-corrected chi connectivity index (χ0v) is 14.3. The van der Waals surface area contributed by atoms with Gasteiger partial charge in [-0.25, -0.2) is 4.98 Å². The lowest BCUT2D eigenvalue weighted by atomic mass is 9.79. The van der Waals surface area contributed by atoms with Gasteiger partial charge in [0.05, 0.1) is 5.02 Å². The van der Waals surface area contributed by atoms with Gasteiger partial charge in [0.25, 0.3) is 5.91 Å². The zero-order valence-electron chi connectivity index (χ0n) is 12.8. The van der Waals surface area contributed by atoms with E-state index in [9.17, 15) is 4.79 Å². The first-order valence-corrected chi connectivity index (χ1v) is 7.76. The maximum absolute atomic E-state index is 12.4. The van der Waals surface area contributed by atoms with E-state index >= 15 is 0 Å². The van der Waals surface area contributed by atoms with Crippen molar-refractivity contribution in [3.63, 3.8) is 0 Å². The third-order valence-corrected chi connectivity index (χ3v) is 4.07. The minimum Gasteiger partial charge on any atom is -0.348 e. The lowest BCUT2D eigenvalue weighted by Gasteiger charge is -2.46. The first-order valence-electron chi connectivity index (χ1n) is 7.00. The number of nitrogens with zero attached hydrogens (tertiary/aromatic N) is 1. The third kappa shape index (κ3) is 4.31. The number of halogens is 2. The van der Waals surface area contributed by atoms with E-state index in [1.807, 2.05) is 0 Å². The highest BCUT2D eigenvalue weighted by Crippen LogP contribution is 2.29. The first kappa shape index (κ1) is 16.5. The Morgan fingerprint density at radius 2 is 1.81 bits per heavy atom. The molecule has 0 aromatic carbocycles. The lowest BCUT2D eigenvalue weighted by Crippen LogP contribution is -2.62. The molecule has 2 rings (SSSR count). The van der Waals surface area contributed by atoms with Gasteiger partial charge in [-0.15, -0.1) is 0 Å². The van der Waals surface area contributed by atoms with Crippen LogP contribution in [0.3, 0.4) is 0 Å². The van der Waals surface area contributed by atoms with E-state index in [1.54, 1.807) is 12.1 Å². The Balaban J connectivity index is 2.14. The van der Waals surface area contributed by atoms with Crippen LogP contribution in [0.5, 0.6) is 0 Å². The number of aromatic nitrogens is 1. The van der Waals surface area contributed by atoms with Crippen molar-refractivity contribution in [2.75, 3.05) is 0 Å². The van der Waals surface area contributed by atoms with Crippen molar-refractivity contribution < 1.29 is 4.79 Å². The second-order valence-electron chi connectivity index (χ2n) is 6.94. The van der Waals surface area contributed by atoms with Crippen molar-refractivity contribution in [1.29, 1.82) is 0 Å². The molecule has 0 aliphatic carbocycles. The molecule has 1 aliphatic heterocycles. The number of piperidine rings is 1. The summed E-state index contributed by atoms with van der Waals surface area (Å²) in [6.45, 7) is 8.55. The van der Waals surface area contributed by atoms with Gasteiger partial charge in [0, 0.05) is 17.1 Å². The second-order valence-corrected chi connectivity index (χ2v) is 7.73. The van der Waals surface area contributed by atoms with Crippen molar-refractivity contribution in [3.05, 3.63) is 28.0 Å². The van der Waals surface area contributed by atoms with Crippen molar-refractivity contribution in [1.82, 2.24) is 15.6 Å². The predicted octanol–water partition coefficient (Wildman–Crippen LogP) is 3.43. The Labute approximate surface area is 135 Å². The SMILES string of the molecule is CC1(C)CC(NC(=O)c2nc(Cl)ccc2Cl)CC(C)(C)N1. The molecule has 21 heavy (non-hydrogen) atoms. The number of hydrogen-bond acceptors (Lipinski definition) is 3. The number of nitrogens with one attached hydrogen (secondary N) is 2. The van der Waals surface area contributed by atoms with Crippen LogP contribution in [0.1, 0.15) is 51.0 Å². The molecule has 0 spiro atoms. The van der Waals surface area contributed by atoms with Crippen molar-refractivity contribution in [2.45, 2.75) is 57.7 Å². The molecule has 0 atom stereocenters. The molecule has 0 unspecified atom stereocenters. The third-order valence-electron chi connectivity index (χ3n) is 3.55. The van der Waals surface area contributed by atoms with Gasteiger partial charge < -0.3 is 10.6 Å². The molecule has 2 heterocycles. The Hall–Kier alpha value is -0.840. The van der Waals surface area contributed by atoms with Crippen LogP contribution >= 0.6 is 23.2 Å². The number of pyridine rings is 1. The molecule has 2 N–H and O–H groups in total. The van der Waals surface area contributed by atoms with Crippen LogP contribution in [0.4, 0.5) is 0 Å². The topological polar surface area (TPSA) is 54.0 Å². The summed E-state index contributed by atoms with van der Waals surface area (Å²) in [5.41, 5.74) is 0.106. The highest BCUT2D eigenvalue weighted by atomic mass is 35.5. The van der Waals surface area contributed by atoms with E-state index in [2.05, 4.69) is 43.3 Å². The summed E-state index contributed by atoms with van der Waals surface area (Å²) < 4.78 is 0. The van der Waals surface area contributed by atoms with Gasteiger partial charge in [-0.1, -0.05) is 23.2 Å². The summed E-state index contributed by atoms with van der Waals surface area (Å²) in [6, 6.07) is 3.22. The molecule has 1 fully saturated rings. The van der Waals surface area contributed by atoms with E-state index in [4.69, 9.17) is 23.2 Å². The first-order chi connectivity index (χ1) is 9.58. The highest BCUT2D eigenvalue weighted by molar-refractivity contribution is 6.34. The van der Waals surface area contributed by atoms with Crippen LogP contribution in [0.2, 0.25) is 10.2 Å². The molecule has 1 aromatic heterocycles. The largest absolute Gasteiger partial charge is 0.348 e. The molecule has 4 nitrogen and oxygen atoms in total. The summed E-state index contributed by atoms with van der Waals surface area (Å²) >= 11 is 11.9. The summed E-state index contributed by atoms with van der Waals surface area (Å²) in [7, 11) is 0. The summed E-state index contributed by atoms with van der Waals surface area (Å²) in [6.07, 6.45) is 1.70. The monoisotopic (exact) mass is 329 g/mol. The van der Waals surface area contributed by atoms with Crippen molar-refractivity contribution in [2.24, 2.45) is 0 Å².